The van der Waals surface area contributed by atoms with Gasteiger partial charge in [0.1, 0.15) is 5.69 Å². The summed E-state index contributed by atoms with van der Waals surface area (Å²) in [5.41, 5.74) is 3.12. The summed E-state index contributed by atoms with van der Waals surface area (Å²) in [7, 11) is 0. The van der Waals surface area contributed by atoms with Crippen LogP contribution in [0.4, 0.5) is 19.0 Å². The highest BCUT2D eigenvalue weighted by molar-refractivity contribution is 5.60. The van der Waals surface area contributed by atoms with Crippen LogP contribution in [0.15, 0.2) is 55.0 Å². The monoisotopic (exact) mass is 468 g/mol. The molecule has 0 aliphatic carbocycles. The highest BCUT2D eigenvalue weighted by Gasteiger charge is 2.34. The molecular formula is C24H23F3N6O. The SMILES string of the molecule is Cc1cn(-c2ccc(-c3cc(C)c(N[C@@H](C)c4ccccc4C(F)(F)F)nn3)nc2CO)cn1. The van der Waals surface area contributed by atoms with Crippen LogP contribution in [0, 0.1) is 13.8 Å². The molecule has 2 N–H and O–H groups in total. The van der Waals surface area contributed by atoms with Crippen molar-refractivity contribution in [1.82, 2.24) is 24.7 Å². The molecule has 0 spiro atoms. The standard InChI is InChI=1S/C24H23F3N6O/c1-14-10-20(19-8-9-22(21(12-34)30-19)33-11-15(2)28-13-33)31-32-23(14)29-16(3)17-6-4-5-7-18(17)24(25,26)27/h4-11,13,16,34H,12H2,1-3H3,(H,29,32)/t16-/m0/s1. The summed E-state index contributed by atoms with van der Waals surface area (Å²) in [6.07, 6.45) is -0.971. The molecule has 34 heavy (non-hydrogen) atoms. The van der Waals surface area contributed by atoms with Gasteiger partial charge in [0.2, 0.25) is 0 Å². The number of alkyl halides is 3. The van der Waals surface area contributed by atoms with Crippen LogP contribution in [-0.4, -0.2) is 29.8 Å². The van der Waals surface area contributed by atoms with Crippen LogP contribution in [0.5, 0.6) is 0 Å². The molecule has 10 heteroatoms. The Labute approximate surface area is 194 Å². The van der Waals surface area contributed by atoms with Gasteiger partial charge in [-0.25, -0.2) is 9.97 Å². The van der Waals surface area contributed by atoms with E-state index >= 15 is 0 Å². The number of imidazole rings is 1. The third-order valence-electron chi connectivity index (χ3n) is 5.42. The van der Waals surface area contributed by atoms with Crippen molar-refractivity contribution in [2.45, 2.75) is 39.6 Å². The topological polar surface area (TPSA) is 88.8 Å². The normalized spacial score (nSPS) is 12.6. The Morgan fingerprint density at radius 3 is 2.47 bits per heavy atom. The molecule has 0 unspecified atom stereocenters. The minimum Gasteiger partial charge on any atom is -0.390 e. The summed E-state index contributed by atoms with van der Waals surface area (Å²) in [4.78, 5) is 8.71. The molecular weight excluding hydrogens is 445 g/mol. The lowest BCUT2D eigenvalue weighted by atomic mass is 10.0. The second-order valence-corrected chi connectivity index (χ2v) is 7.95. The van der Waals surface area contributed by atoms with Gasteiger partial charge in [-0.15, -0.1) is 10.2 Å². The van der Waals surface area contributed by atoms with Crippen LogP contribution in [0.25, 0.3) is 17.1 Å². The van der Waals surface area contributed by atoms with Gasteiger partial charge in [-0.2, -0.15) is 13.2 Å². The van der Waals surface area contributed by atoms with Crippen molar-refractivity contribution in [3.63, 3.8) is 0 Å². The van der Waals surface area contributed by atoms with Gasteiger partial charge in [-0.1, -0.05) is 18.2 Å². The van der Waals surface area contributed by atoms with Gasteiger partial charge in [0, 0.05) is 6.20 Å². The number of nitrogens with zero attached hydrogens (tertiary/aromatic N) is 5. The summed E-state index contributed by atoms with van der Waals surface area (Å²) < 4.78 is 41.9. The second kappa shape index (κ2) is 9.22. The molecule has 3 heterocycles. The predicted octanol–water partition coefficient (Wildman–Crippen LogP) is 5.03. The largest absolute Gasteiger partial charge is 0.416 e. The third-order valence-corrected chi connectivity index (χ3v) is 5.42. The lowest BCUT2D eigenvalue weighted by molar-refractivity contribution is -0.138. The fourth-order valence-electron chi connectivity index (χ4n) is 3.71. The van der Waals surface area contributed by atoms with Gasteiger partial charge in [0.05, 0.1) is 47.3 Å². The van der Waals surface area contributed by atoms with E-state index in [1.807, 2.05) is 19.2 Å². The van der Waals surface area contributed by atoms with Gasteiger partial charge in [-0.3, -0.25) is 0 Å². The fraction of sp³-hybridized carbons (Fsp3) is 0.250. The first kappa shape index (κ1) is 23.4. The summed E-state index contributed by atoms with van der Waals surface area (Å²) in [6.45, 7) is 5.03. The van der Waals surface area contributed by atoms with Crippen molar-refractivity contribution in [3.05, 3.63) is 83.1 Å². The van der Waals surface area contributed by atoms with E-state index in [4.69, 9.17) is 0 Å². The highest BCUT2D eigenvalue weighted by Crippen LogP contribution is 2.35. The number of anilines is 1. The molecule has 4 rings (SSSR count). The number of aryl methyl sites for hydroxylation is 2. The molecule has 0 saturated carbocycles. The van der Waals surface area contributed by atoms with Gasteiger partial charge in [0.15, 0.2) is 5.82 Å². The Morgan fingerprint density at radius 2 is 1.82 bits per heavy atom. The van der Waals surface area contributed by atoms with E-state index in [0.29, 0.717) is 34.2 Å². The van der Waals surface area contributed by atoms with E-state index in [1.165, 1.54) is 12.1 Å². The smallest absolute Gasteiger partial charge is 0.390 e. The Balaban J connectivity index is 1.60. The number of hydrogen-bond donors (Lipinski definition) is 2. The van der Waals surface area contributed by atoms with Gasteiger partial charge in [0.25, 0.3) is 0 Å². The first-order valence-corrected chi connectivity index (χ1v) is 10.6. The molecule has 1 aromatic carbocycles. The maximum absolute atomic E-state index is 13.4. The number of hydrogen-bond acceptors (Lipinski definition) is 6. The average molecular weight is 468 g/mol. The Bertz CT molecular complexity index is 1320. The van der Waals surface area contributed by atoms with E-state index in [0.717, 1.165) is 11.8 Å². The predicted molar refractivity (Wildman–Crippen MR) is 121 cm³/mol. The van der Waals surface area contributed by atoms with Crippen LogP contribution in [0.1, 0.15) is 41.0 Å². The zero-order valence-electron chi connectivity index (χ0n) is 18.8. The molecule has 1 atom stereocenters. The summed E-state index contributed by atoms with van der Waals surface area (Å²) >= 11 is 0. The summed E-state index contributed by atoms with van der Waals surface area (Å²) in [5, 5.41) is 21.3. The molecule has 7 nitrogen and oxygen atoms in total. The van der Waals surface area contributed by atoms with Crippen LogP contribution in [0.2, 0.25) is 0 Å². The van der Waals surface area contributed by atoms with E-state index in [2.05, 4.69) is 25.5 Å². The second-order valence-electron chi connectivity index (χ2n) is 7.95. The lowest BCUT2D eigenvalue weighted by Crippen LogP contribution is -2.16. The average Bonchev–Trinajstić information content (AvgIpc) is 3.25. The molecule has 0 aliphatic rings. The molecule has 0 amide bonds. The minimum absolute atomic E-state index is 0.125. The first-order chi connectivity index (χ1) is 16.2. The third kappa shape index (κ3) is 4.76. The van der Waals surface area contributed by atoms with E-state index < -0.39 is 17.8 Å². The fourth-order valence-corrected chi connectivity index (χ4v) is 3.71. The van der Waals surface area contributed by atoms with Crippen molar-refractivity contribution >= 4 is 5.82 Å². The van der Waals surface area contributed by atoms with Crippen LogP contribution in [0.3, 0.4) is 0 Å². The van der Waals surface area contributed by atoms with Crippen molar-refractivity contribution in [3.8, 4) is 17.1 Å². The highest BCUT2D eigenvalue weighted by atomic mass is 19.4. The van der Waals surface area contributed by atoms with Gasteiger partial charge >= 0.3 is 6.18 Å². The van der Waals surface area contributed by atoms with Crippen LogP contribution < -0.4 is 5.32 Å². The zero-order chi connectivity index (χ0) is 24.5. The van der Waals surface area contributed by atoms with Crippen LogP contribution >= 0.6 is 0 Å². The molecule has 0 bridgehead atoms. The number of benzene rings is 1. The molecule has 3 aromatic heterocycles. The molecule has 0 fully saturated rings. The van der Waals surface area contributed by atoms with Gasteiger partial charge in [-0.05, 0) is 56.2 Å². The Hall–Kier alpha value is -3.79. The number of nitrogens with one attached hydrogen (secondary N) is 1. The summed E-state index contributed by atoms with van der Waals surface area (Å²) in [6, 6.07) is 10.1. The van der Waals surface area contributed by atoms with E-state index in [9.17, 15) is 18.3 Å². The number of pyridine rings is 1. The maximum atomic E-state index is 13.4. The number of aliphatic hydroxyl groups is 1. The molecule has 0 saturated heterocycles. The molecule has 4 aromatic rings. The molecule has 0 aliphatic heterocycles. The summed E-state index contributed by atoms with van der Waals surface area (Å²) in [5.74, 6) is 0.376. The quantitative estimate of drug-likeness (QED) is 0.413. The molecule has 176 valence electrons. The van der Waals surface area contributed by atoms with Gasteiger partial charge < -0.3 is 15.0 Å². The van der Waals surface area contributed by atoms with E-state index in [-0.39, 0.29) is 12.2 Å². The minimum atomic E-state index is -4.45. The number of halogens is 3. The van der Waals surface area contributed by atoms with E-state index in [1.54, 1.807) is 42.9 Å². The van der Waals surface area contributed by atoms with Crippen LogP contribution in [-0.2, 0) is 12.8 Å². The van der Waals surface area contributed by atoms with Crippen molar-refractivity contribution in [2.75, 3.05) is 5.32 Å². The number of aliphatic hydroxyl groups excluding tert-OH is 1. The zero-order valence-corrected chi connectivity index (χ0v) is 18.8. The molecule has 0 radical (unpaired) electrons. The van der Waals surface area contributed by atoms with Crippen molar-refractivity contribution in [1.29, 1.82) is 0 Å². The first-order valence-electron chi connectivity index (χ1n) is 10.6. The number of rotatable bonds is 6. The maximum Gasteiger partial charge on any atom is 0.416 e. The number of aromatic nitrogens is 5. The van der Waals surface area contributed by atoms with Crippen molar-refractivity contribution < 1.29 is 18.3 Å². The Kier molecular flexibility index (Phi) is 6.34. The Morgan fingerprint density at radius 1 is 1.06 bits per heavy atom. The van der Waals surface area contributed by atoms with Crippen molar-refractivity contribution in [2.24, 2.45) is 0 Å². The lowest BCUT2D eigenvalue weighted by Gasteiger charge is -2.20.